The van der Waals surface area contributed by atoms with E-state index in [2.05, 4.69) is 25.1 Å². The zero-order chi connectivity index (χ0) is 13.7. The van der Waals surface area contributed by atoms with Crippen molar-refractivity contribution in [2.24, 2.45) is 17.3 Å². The van der Waals surface area contributed by atoms with Crippen molar-refractivity contribution in [1.82, 2.24) is 0 Å². The topological polar surface area (TPSA) is 50.1 Å². The third-order valence-electron chi connectivity index (χ3n) is 4.66. The second-order valence-corrected chi connectivity index (χ2v) is 6.03. The van der Waals surface area contributed by atoms with Gasteiger partial charge >= 0.3 is 5.97 Å². The monoisotopic (exact) mass is 261 g/mol. The van der Waals surface area contributed by atoms with Crippen molar-refractivity contribution in [3.05, 3.63) is 12.2 Å². The summed E-state index contributed by atoms with van der Waals surface area (Å²) < 4.78 is 5.49. The van der Waals surface area contributed by atoms with Crippen LogP contribution in [0.15, 0.2) is 12.2 Å². The molecule has 0 bridgehead atoms. The molecular weight excluding hydrogens is 238 g/mol. The lowest BCUT2D eigenvalue weighted by Crippen LogP contribution is -2.35. The van der Waals surface area contributed by atoms with Crippen molar-refractivity contribution < 1.29 is 9.53 Å². The SMILES string of the molecule is CC1CC=CCC1COC(=O)C1(C#N)CCCCC1. The minimum atomic E-state index is -0.855. The molecule has 2 atom stereocenters. The fourth-order valence-corrected chi connectivity index (χ4v) is 3.08. The largest absolute Gasteiger partial charge is 0.464 e. The van der Waals surface area contributed by atoms with Gasteiger partial charge in [-0.15, -0.1) is 0 Å². The maximum absolute atomic E-state index is 12.2. The van der Waals surface area contributed by atoms with E-state index in [0.717, 1.165) is 32.1 Å². The Morgan fingerprint density at radius 2 is 2.00 bits per heavy atom. The van der Waals surface area contributed by atoms with E-state index in [1.807, 2.05) is 0 Å². The summed E-state index contributed by atoms with van der Waals surface area (Å²) >= 11 is 0. The summed E-state index contributed by atoms with van der Waals surface area (Å²) in [6, 6.07) is 2.23. The Bertz CT molecular complexity index is 388. The molecule has 0 amide bonds. The van der Waals surface area contributed by atoms with Crippen LogP contribution in [0, 0.1) is 28.6 Å². The zero-order valence-electron chi connectivity index (χ0n) is 11.7. The first-order valence-electron chi connectivity index (χ1n) is 7.41. The normalized spacial score (nSPS) is 29.5. The molecule has 0 heterocycles. The third-order valence-corrected chi connectivity index (χ3v) is 4.66. The average molecular weight is 261 g/mol. The number of ether oxygens (including phenoxy) is 1. The standard InChI is InChI=1S/C16H23NO2/c1-13-7-3-4-8-14(13)11-19-15(18)16(12-17)9-5-2-6-10-16/h3-4,13-14H,2,5-11H2,1H3. The van der Waals surface area contributed by atoms with Gasteiger partial charge in [-0.1, -0.05) is 38.3 Å². The van der Waals surface area contributed by atoms with Gasteiger partial charge < -0.3 is 4.74 Å². The van der Waals surface area contributed by atoms with E-state index in [4.69, 9.17) is 4.74 Å². The summed E-state index contributed by atoms with van der Waals surface area (Å²) in [6.07, 6.45) is 10.8. The molecule has 0 saturated heterocycles. The molecule has 0 aromatic heterocycles. The van der Waals surface area contributed by atoms with Gasteiger partial charge in [0.1, 0.15) is 0 Å². The van der Waals surface area contributed by atoms with Gasteiger partial charge in [0.15, 0.2) is 5.41 Å². The van der Waals surface area contributed by atoms with Crippen molar-refractivity contribution in [1.29, 1.82) is 5.26 Å². The predicted molar refractivity (Wildman–Crippen MR) is 73.1 cm³/mol. The molecular formula is C16H23NO2. The Morgan fingerprint density at radius 1 is 1.32 bits per heavy atom. The van der Waals surface area contributed by atoms with Gasteiger partial charge in [0.05, 0.1) is 12.7 Å². The lowest BCUT2D eigenvalue weighted by Gasteiger charge is -2.30. The average Bonchev–Trinajstić information content (AvgIpc) is 2.46. The fourth-order valence-electron chi connectivity index (χ4n) is 3.08. The van der Waals surface area contributed by atoms with Crippen molar-refractivity contribution in [2.75, 3.05) is 6.61 Å². The van der Waals surface area contributed by atoms with E-state index in [1.165, 1.54) is 0 Å². The summed E-state index contributed by atoms with van der Waals surface area (Å²) in [4.78, 5) is 12.2. The molecule has 2 unspecified atom stereocenters. The lowest BCUT2D eigenvalue weighted by atomic mass is 9.75. The van der Waals surface area contributed by atoms with E-state index >= 15 is 0 Å². The van der Waals surface area contributed by atoms with Gasteiger partial charge in [-0.3, -0.25) is 4.79 Å². The van der Waals surface area contributed by atoms with E-state index in [0.29, 0.717) is 31.3 Å². The molecule has 0 aromatic carbocycles. The summed E-state index contributed by atoms with van der Waals surface area (Å²) in [7, 11) is 0. The van der Waals surface area contributed by atoms with Crippen LogP contribution in [0.3, 0.4) is 0 Å². The second-order valence-electron chi connectivity index (χ2n) is 6.03. The van der Waals surface area contributed by atoms with Crippen LogP contribution >= 0.6 is 0 Å². The summed E-state index contributed by atoms with van der Waals surface area (Å²) in [5, 5.41) is 9.34. The summed E-state index contributed by atoms with van der Waals surface area (Å²) in [5.74, 6) is 0.687. The van der Waals surface area contributed by atoms with Crippen molar-refractivity contribution >= 4 is 5.97 Å². The van der Waals surface area contributed by atoms with Gasteiger partial charge in [-0.25, -0.2) is 0 Å². The minimum absolute atomic E-state index is 0.281. The number of nitriles is 1. The predicted octanol–water partition coefficient (Wildman–Crippen LogP) is 3.61. The highest BCUT2D eigenvalue weighted by atomic mass is 16.5. The molecule has 19 heavy (non-hydrogen) atoms. The Balaban J connectivity index is 1.89. The highest BCUT2D eigenvalue weighted by Gasteiger charge is 2.41. The third kappa shape index (κ3) is 3.18. The summed E-state index contributed by atoms with van der Waals surface area (Å²) in [6.45, 7) is 2.66. The van der Waals surface area contributed by atoms with Crippen LogP contribution in [0.5, 0.6) is 0 Å². The molecule has 0 aliphatic heterocycles. The molecule has 0 radical (unpaired) electrons. The molecule has 1 fully saturated rings. The van der Waals surface area contributed by atoms with E-state index in [-0.39, 0.29) is 5.97 Å². The molecule has 104 valence electrons. The number of carbonyl (C=O) groups is 1. The maximum atomic E-state index is 12.2. The van der Waals surface area contributed by atoms with E-state index in [9.17, 15) is 10.1 Å². The molecule has 2 aliphatic carbocycles. The number of carbonyl (C=O) groups excluding carboxylic acids is 1. The zero-order valence-corrected chi connectivity index (χ0v) is 11.7. The number of allylic oxidation sites excluding steroid dienone is 2. The Labute approximate surface area is 115 Å². The quantitative estimate of drug-likeness (QED) is 0.576. The lowest BCUT2D eigenvalue weighted by molar-refractivity contribution is -0.156. The van der Waals surface area contributed by atoms with Crippen molar-refractivity contribution in [3.63, 3.8) is 0 Å². The van der Waals surface area contributed by atoms with Crippen LogP contribution in [0.2, 0.25) is 0 Å². The molecule has 2 rings (SSSR count). The molecule has 0 spiro atoms. The highest BCUT2D eigenvalue weighted by Crippen LogP contribution is 2.37. The molecule has 0 N–H and O–H groups in total. The minimum Gasteiger partial charge on any atom is -0.464 e. The van der Waals surface area contributed by atoms with E-state index < -0.39 is 5.41 Å². The fraction of sp³-hybridized carbons (Fsp3) is 0.750. The van der Waals surface area contributed by atoms with Gasteiger partial charge in [0.2, 0.25) is 0 Å². The van der Waals surface area contributed by atoms with Gasteiger partial charge in [-0.2, -0.15) is 5.26 Å². The van der Waals surface area contributed by atoms with Crippen LogP contribution < -0.4 is 0 Å². The van der Waals surface area contributed by atoms with Crippen molar-refractivity contribution in [2.45, 2.75) is 51.9 Å². The van der Waals surface area contributed by atoms with Crippen molar-refractivity contribution in [3.8, 4) is 6.07 Å². The molecule has 0 aromatic rings. The number of nitrogens with zero attached hydrogens (tertiary/aromatic N) is 1. The van der Waals surface area contributed by atoms with Gasteiger partial charge in [0, 0.05) is 0 Å². The first-order valence-corrected chi connectivity index (χ1v) is 7.41. The first kappa shape index (κ1) is 14.1. The van der Waals surface area contributed by atoms with Crippen LogP contribution in [-0.4, -0.2) is 12.6 Å². The smallest absolute Gasteiger partial charge is 0.326 e. The molecule has 3 nitrogen and oxygen atoms in total. The Kier molecular flexibility index (Phi) is 4.63. The number of hydrogen-bond acceptors (Lipinski definition) is 3. The van der Waals surface area contributed by atoms with Crippen LogP contribution in [0.4, 0.5) is 0 Å². The van der Waals surface area contributed by atoms with Crippen LogP contribution in [0.1, 0.15) is 51.9 Å². The van der Waals surface area contributed by atoms with Crippen LogP contribution in [0.25, 0.3) is 0 Å². The van der Waals surface area contributed by atoms with Gasteiger partial charge in [-0.05, 0) is 37.5 Å². The Hall–Kier alpha value is -1.30. The maximum Gasteiger partial charge on any atom is 0.326 e. The number of esters is 1. The second kappa shape index (κ2) is 6.23. The van der Waals surface area contributed by atoms with E-state index in [1.54, 1.807) is 0 Å². The summed E-state index contributed by atoms with van der Waals surface area (Å²) in [5.41, 5.74) is -0.855. The highest BCUT2D eigenvalue weighted by molar-refractivity contribution is 5.80. The van der Waals surface area contributed by atoms with Crippen LogP contribution in [-0.2, 0) is 9.53 Å². The number of hydrogen-bond donors (Lipinski definition) is 0. The molecule has 1 saturated carbocycles. The molecule has 2 aliphatic rings. The first-order chi connectivity index (χ1) is 9.18. The number of rotatable bonds is 3. The Morgan fingerprint density at radius 3 is 2.63 bits per heavy atom. The van der Waals surface area contributed by atoms with Gasteiger partial charge in [0.25, 0.3) is 0 Å². The molecule has 3 heteroatoms.